The zero-order valence-corrected chi connectivity index (χ0v) is 8.97. The molecular formula is C11H9N3O3. The van der Waals surface area contributed by atoms with E-state index in [0.29, 0.717) is 5.69 Å². The van der Waals surface area contributed by atoms with Gasteiger partial charge in [0.15, 0.2) is 5.82 Å². The minimum atomic E-state index is -1.30. The highest BCUT2D eigenvalue weighted by Crippen LogP contribution is 2.10. The first-order chi connectivity index (χ1) is 8.08. The number of carbonyl (C=O) groups is 1. The summed E-state index contributed by atoms with van der Waals surface area (Å²) in [5.74, 6) is -1.05. The molecule has 2 aromatic rings. The predicted molar refractivity (Wildman–Crippen MR) is 59.8 cm³/mol. The van der Waals surface area contributed by atoms with Crippen LogP contribution in [0.3, 0.4) is 0 Å². The van der Waals surface area contributed by atoms with Gasteiger partial charge in [-0.15, -0.1) is 0 Å². The van der Waals surface area contributed by atoms with E-state index in [-0.39, 0.29) is 11.4 Å². The van der Waals surface area contributed by atoms with Crippen molar-refractivity contribution in [3.8, 4) is 11.5 Å². The Bertz CT molecular complexity index is 634. The summed E-state index contributed by atoms with van der Waals surface area (Å²) in [6.07, 6.45) is 1.03. The van der Waals surface area contributed by atoms with Gasteiger partial charge in [-0.1, -0.05) is 6.07 Å². The molecule has 0 spiro atoms. The number of rotatable bonds is 2. The van der Waals surface area contributed by atoms with Gasteiger partial charge in [0.2, 0.25) is 0 Å². The van der Waals surface area contributed by atoms with Crippen molar-refractivity contribution in [3.05, 3.63) is 46.0 Å². The summed E-state index contributed by atoms with van der Waals surface area (Å²) in [7, 11) is 0. The number of hydrogen-bond acceptors (Lipinski definition) is 4. The van der Waals surface area contributed by atoms with Crippen LogP contribution in [0.1, 0.15) is 16.1 Å². The third-order valence-corrected chi connectivity index (χ3v) is 2.16. The molecule has 0 atom stereocenters. The lowest BCUT2D eigenvalue weighted by atomic mass is 10.3. The third-order valence-electron chi connectivity index (χ3n) is 2.16. The number of hydrogen-bond donors (Lipinski definition) is 2. The summed E-state index contributed by atoms with van der Waals surface area (Å²) in [5.41, 5.74) is 0.207. The standard InChI is InChI=1S/C11H9N3O3/c1-6-3-2-4-8(13-6)9-12-5-7(11(16)17)10(15)14-9/h2-5H,1H3,(H,16,17)(H,12,14,15). The molecule has 0 saturated carbocycles. The van der Waals surface area contributed by atoms with Gasteiger partial charge in [0.1, 0.15) is 11.3 Å². The Hall–Kier alpha value is -2.50. The number of carboxylic acid groups (broad SMARTS) is 1. The minimum absolute atomic E-state index is 0.253. The molecular weight excluding hydrogens is 222 g/mol. The summed E-state index contributed by atoms with van der Waals surface area (Å²) in [6, 6.07) is 5.28. The number of carboxylic acids is 1. The van der Waals surface area contributed by atoms with Gasteiger partial charge in [-0.25, -0.2) is 14.8 Å². The Morgan fingerprint density at radius 2 is 2.18 bits per heavy atom. The molecule has 0 aliphatic carbocycles. The highest BCUT2D eigenvalue weighted by Gasteiger charge is 2.11. The van der Waals surface area contributed by atoms with Crippen LogP contribution >= 0.6 is 0 Å². The molecule has 0 bridgehead atoms. The highest BCUT2D eigenvalue weighted by atomic mass is 16.4. The summed E-state index contributed by atoms with van der Waals surface area (Å²) >= 11 is 0. The summed E-state index contributed by atoms with van der Waals surface area (Å²) in [5, 5.41) is 8.70. The molecule has 0 radical (unpaired) electrons. The van der Waals surface area contributed by atoms with E-state index >= 15 is 0 Å². The maximum atomic E-state index is 11.4. The van der Waals surface area contributed by atoms with Crippen molar-refractivity contribution < 1.29 is 9.90 Å². The lowest BCUT2D eigenvalue weighted by Crippen LogP contribution is -2.18. The van der Waals surface area contributed by atoms with Gasteiger partial charge < -0.3 is 10.1 Å². The van der Waals surface area contributed by atoms with E-state index in [1.807, 2.05) is 13.0 Å². The van der Waals surface area contributed by atoms with Crippen LogP contribution in [0, 0.1) is 6.92 Å². The van der Waals surface area contributed by atoms with Crippen LogP contribution in [-0.2, 0) is 0 Å². The molecule has 86 valence electrons. The van der Waals surface area contributed by atoms with Gasteiger partial charge in [0.05, 0.1) is 0 Å². The number of aromatic amines is 1. The van der Waals surface area contributed by atoms with Gasteiger partial charge in [-0.2, -0.15) is 0 Å². The Morgan fingerprint density at radius 3 is 2.76 bits per heavy atom. The van der Waals surface area contributed by atoms with Crippen LogP contribution in [0.15, 0.2) is 29.2 Å². The largest absolute Gasteiger partial charge is 0.477 e. The van der Waals surface area contributed by atoms with Gasteiger partial charge in [-0.3, -0.25) is 4.79 Å². The average Bonchev–Trinajstić information content (AvgIpc) is 2.28. The fraction of sp³-hybridized carbons (Fsp3) is 0.0909. The van der Waals surface area contributed by atoms with Gasteiger partial charge >= 0.3 is 5.97 Å². The Labute approximate surface area is 96.0 Å². The van der Waals surface area contributed by atoms with Crippen molar-refractivity contribution in [1.29, 1.82) is 0 Å². The van der Waals surface area contributed by atoms with E-state index in [2.05, 4.69) is 15.0 Å². The first-order valence-electron chi connectivity index (χ1n) is 4.84. The van der Waals surface area contributed by atoms with Crippen LogP contribution < -0.4 is 5.56 Å². The van der Waals surface area contributed by atoms with Crippen molar-refractivity contribution in [2.45, 2.75) is 6.92 Å². The first kappa shape index (κ1) is 11.0. The molecule has 0 saturated heterocycles. The van der Waals surface area contributed by atoms with Crippen LogP contribution in [0.25, 0.3) is 11.5 Å². The van der Waals surface area contributed by atoms with E-state index in [9.17, 15) is 9.59 Å². The second-order valence-corrected chi connectivity index (χ2v) is 3.44. The molecule has 2 aromatic heterocycles. The molecule has 0 aliphatic heterocycles. The molecule has 17 heavy (non-hydrogen) atoms. The number of nitrogens with one attached hydrogen (secondary N) is 1. The Balaban J connectivity index is 2.52. The molecule has 0 fully saturated rings. The van der Waals surface area contributed by atoms with Crippen LogP contribution in [0.2, 0.25) is 0 Å². The monoisotopic (exact) mass is 231 g/mol. The topological polar surface area (TPSA) is 95.9 Å². The second kappa shape index (κ2) is 4.17. The lowest BCUT2D eigenvalue weighted by Gasteiger charge is -2.01. The van der Waals surface area contributed by atoms with E-state index in [0.717, 1.165) is 11.9 Å². The first-order valence-corrected chi connectivity index (χ1v) is 4.84. The highest BCUT2D eigenvalue weighted by molar-refractivity contribution is 5.86. The molecule has 6 heteroatoms. The SMILES string of the molecule is Cc1cccc(-c2ncc(C(=O)O)c(=O)[nH]2)n1. The van der Waals surface area contributed by atoms with Crippen molar-refractivity contribution >= 4 is 5.97 Å². The van der Waals surface area contributed by atoms with Crippen molar-refractivity contribution in [3.63, 3.8) is 0 Å². The fourth-order valence-corrected chi connectivity index (χ4v) is 1.35. The number of aryl methyl sites for hydroxylation is 1. The number of nitrogens with zero attached hydrogens (tertiary/aromatic N) is 2. The zero-order chi connectivity index (χ0) is 12.4. The van der Waals surface area contributed by atoms with E-state index < -0.39 is 11.5 Å². The fourth-order valence-electron chi connectivity index (χ4n) is 1.35. The van der Waals surface area contributed by atoms with Gasteiger partial charge in [0.25, 0.3) is 5.56 Å². The van der Waals surface area contributed by atoms with Crippen molar-refractivity contribution in [2.75, 3.05) is 0 Å². The number of pyridine rings is 1. The molecule has 2 N–H and O–H groups in total. The van der Waals surface area contributed by atoms with Crippen LogP contribution in [0.5, 0.6) is 0 Å². The van der Waals surface area contributed by atoms with Crippen LogP contribution in [-0.4, -0.2) is 26.0 Å². The molecule has 2 heterocycles. The zero-order valence-electron chi connectivity index (χ0n) is 8.97. The summed E-state index contributed by atoms with van der Waals surface area (Å²) in [4.78, 5) is 32.5. The lowest BCUT2D eigenvalue weighted by molar-refractivity contribution is 0.0694. The smallest absolute Gasteiger partial charge is 0.342 e. The molecule has 0 aliphatic rings. The summed E-state index contributed by atoms with van der Waals surface area (Å²) in [6.45, 7) is 1.81. The van der Waals surface area contributed by atoms with E-state index in [4.69, 9.17) is 5.11 Å². The molecule has 0 amide bonds. The van der Waals surface area contributed by atoms with E-state index in [1.165, 1.54) is 0 Å². The third kappa shape index (κ3) is 2.20. The number of H-pyrrole nitrogens is 1. The number of aromatic nitrogens is 3. The van der Waals surface area contributed by atoms with Crippen molar-refractivity contribution in [1.82, 2.24) is 15.0 Å². The quantitative estimate of drug-likeness (QED) is 0.798. The Morgan fingerprint density at radius 1 is 1.41 bits per heavy atom. The van der Waals surface area contributed by atoms with Gasteiger partial charge in [-0.05, 0) is 19.1 Å². The van der Waals surface area contributed by atoms with Crippen molar-refractivity contribution in [2.24, 2.45) is 0 Å². The molecule has 2 rings (SSSR count). The minimum Gasteiger partial charge on any atom is -0.477 e. The normalized spacial score (nSPS) is 10.2. The van der Waals surface area contributed by atoms with Gasteiger partial charge in [0, 0.05) is 11.9 Å². The van der Waals surface area contributed by atoms with E-state index in [1.54, 1.807) is 12.1 Å². The molecule has 0 aromatic carbocycles. The second-order valence-electron chi connectivity index (χ2n) is 3.44. The molecule has 0 unspecified atom stereocenters. The maximum absolute atomic E-state index is 11.4. The summed E-state index contributed by atoms with van der Waals surface area (Å²) < 4.78 is 0. The van der Waals surface area contributed by atoms with Crippen LogP contribution in [0.4, 0.5) is 0 Å². The number of aromatic carboxylic acids is 1. The maximum Gasteiger partial charge on any atom is 0.342 e. The average molecular weight is 231 g/mol. The Kier molecular flexibility index (Phi) is 2.70. The predicted octanol–water partition coefficient (Wildman–Crippen LogP) is 0.839. The molecule has 6 nitrogen and oxygen atoms in total.